The number of benzene rings is 1. The molecule has 5 rings (SSSR count). The molecule has 1 spiro atoms. The maximum atomic E-state index is 12.4. The Labute approximate surface area is 179 Å². The van der Waals surface area contributed by atoms with E-state index in [1.807, 2.05) is 31.2 Å². The Morgan fingerprint density at radius 1 is 1.23 bits per heavy atom. The number of carbonyl (C=O) groups excluding carboxylic acids is 1. The van der Waals surface area contributed by atoms with Gasteiger partial charge in [0, 0.05) is 31.7 Å². The number of aryl methyl sites for hydroxylation is 1. The highest BCUT2D eigenvalue weighted by atomic mass is 16.6. The first-order valence-corrected chi connectivity index (χ1v) is 11.6. The number of nitrogens with zero attached hydrogens (tertiary/aromatic N) is 1. The molecule has 162 valence electrons. The zero-order chi connectivity index (χ0) is 20.6. The van der Waals surface area contributed by atoms with Crippen LogP contribution in [0, 0.1) is 24.7 Å². The summed E-state index contributed by atoms with van der Waals surface area (Å²) < 4.78 is 12.5. The molecule has 1 saturated carbocycles. The van der Waals surface area contributed by atoms with Gasteiger partial charge >= 0.3 is 0 Å². The Morgan fingerprint density at radius 3 is 2.87 bits per heavy atom. The van der Waals surface area contributed by atoms with Gasteiger partial charge in [-0.3, -0.25) is 9.69 Å². The van der Waals surface area contributed by atoms with Gasteiger partial charge in [-0.1, -0.05) is 29.8 Å². The maximum absolute atomic E-state index is 12.4. The largest absolute Gasteiger partial charge is 0.377 e. The van der Waals surface area contributed by atoms with E-state index in [-0.39, 0.29) is 17.6 Å². The fourth-order valence-electron chi connectivity index (χ4n) is 5.85. The van der Waals surface area contributed by atoms with E-state index < -0.39 is 0 Å². The highest BCUT2D eigenvalue weighted by Crippen LogP contribution is 2.44. The van der Waals surface area contributed by atoms with Gasteiger partial charge in [-0.15, -0.1) is 0 Å². The summed E-state index contributed by atoms with van der Waals surface area (Å²) in [5.41, 5.74) is 1.65. The zero-order valence-corrected chi connectivity index (χ0v) is 18.0. The van der Waals surface area contributed by atoms with Crippen molar-refractivity contribution in [2.45, 2.75) is 44.3 Å². The van der Waals surface area contributed by atoms with Gasteiger partial charge in [-0.05, 0) is 62.5 Å². The summed E-state index contributed by atoms with van der Waals surface area (Å²) in [4.78, 5) is 15.0. The molecule has 2 heterocycles. The van der Waals surface area contributed by atoms with Crippen LogP contribution in [0.1, 0.15) is 41.6 Å². The molecule has 4 aliphatic rings. The predicted octanol–water partition coefficient (Wildman–Crippen LogP) is 3.19. The Bertz CT molecular complexity index is 792. The summed E-state index contributed by atoms with van der Waals surface area (Å²) in [5.74, 6) is 2.37. The van der Waals surface area contributed by atoms with Crippen molar-refractivity contribution >= 4 is 5.91 Å². The summed E-state index contributed by atoms with van der Waals surface area (Å²) in [5, 5.41) is 3.06. The molecule has 2 saturated heterocycles. The third-order valence-electron chi connectivity index (χ3n) is 7.48. The van der Waals surface area contributed by atoms with Crippen LogP contribution in [-0.2, 0) is 9.47 Å². The van der Waals surface area contributed by atoms with Gasteiger partial charge < -0.3 is 14.8 Å². The molecule has 30 heavy (non-hydrogen) atoms. The van der Waals surface area contributed by atoms with Gasteiger partial charge in [0.25, 0.3) is 5.91 Å². The fraction of sp³-hybridized carbons (Fsp3) is 0.640. The molecule has 5 heteroatoms. The van der Waals surface area contributed by atoms with Crippen LogP contribution in [0.2, 0.25) is 0 Å². The first-order chi connectivity index (χ1) is 14.6. The van der Waals surface area contributed by atoms with E-state index in [1.165, 1.54) is 12.8 Å². The minimum absolute atomic E-state index is 0.0253. The molecule has 1 N–H and O–H groups in total. The van der Waals surface area contributed by atoms with Crippen molar-refractivity contribution in [3.05, 3.63) is 47.5 Å². The second kappa shape index (κ2) is 8.45. The molecule has 0 aromatic heterocycles. The van der Waals surface area contributed by atoms with E-state index in [9.17, 15) is 4.79 Å². The SMILES string of the molecule is Cc1ccc(C(=O)NC[C@H]2CC[C@]3(COCCN(C[C@H]4C[C@@H]5C=C[C@H]4C5)C3)O2)cc1. The number of allylic oxidation sites excluding steroid dienone is 2. The number of fused-ring (bicyclic) bond motifs is 2. The lowest BCUT2D eigenvalue weighted by Gasteiger charge is -2.34. The van der Waals surface area contributed by atoms with Crippen LogP contribution in [0.25, 0.3) is 0 Å². The third-order valence-corrected chi connectivity index (χ3v) is 7.48. The molecule has 5 atom stereocenters. The lowest BCUT2D eigenvalue weighted by molar-refractivity contribution is -0.0852. The van der Waals surface area contributed by atoms with Crippen molar-refractivity contribution in [2.24, 2.45) is 17.8 Å². The molecule has 2 aliphatic heterocycles. The molecule has 2 aliphatic carbocycles. The van der Waals surface area contributed by atoms with Gasteiger partial charge in [-0.25, -0.2) is 0 Å². The lowest BCUT2D eigenvalue weighted by Crippen LogP contribution is -2.46. The normalized spacial score (nSPS) is 35.8. The van der Waals surface area contributed by atoms with Crippen LogP contribution in [0.15, 0.2) is 36.4 Å². The number of ether oxygens (including phenoxy) is 2. The Morgan fingerprint density at radius 2 is 2.10 bits per heavy atom. The molecule has 5 nitrogen and oxygen atoms in total. The summed E-state index contributed by atoms with van der Waals surface area (Å²) in [6.07, 6.45) is 9.62. The summed E-state index contributed by atoms with van der Waals surface area (Å²) in [6, 6.07) is 7.70. The minimum Gasteiger partial charge on any atom is -0.377 e. The first kappa shape index (κ1) is 20.2. The van der Waals surface area contributed by atoms with Crippen molar-refractivity contribution in [2.75, 3.05) is 39.4 Å². The van der Waals surface area contributed by atoms with Gasteiger partial charge in [0.05, 0.1) is 19.3 Å². The summed E-state index contributed by atoms with van der Waals surface area (Å²) >= 11 is 0. The quantitative estimate of drug-likeness (QED) is 0.758. The maximum Gasteiger partial charge on any atom is 0.251 e. The topological polar surface area (TPSA) is 50.8 Å². The van der Waals surface area contributed by atoms with E-state index in [0.717, 1.165) is 62.4 Å². The van der Waals surface area contributed by atoms with E-state index in [0.29, 0.717) is 18.7 Å². The number of hydrogen-bond acceptors (Lipinski definition) is 4. The second-order valence-electron chi connectivity index (χ2n) is 9.87. The summed E-state index contributed by atoms with van der Waals surface area (Å²) in [7, 11) is 0. The molecule has 1 aromatic rings. The number of rotatable bonds is 5. The second-order valence-corrected chi connectivity index (χ2v) is 9.87. The first-order valence-electron chi connectivity index (χ1n) is 11.6. The van der Waals surface area contributed by atoms with Crippen LogP contribution < -0.4 is 5.32 Å². The van der Waals surface area contributed by atoms with Gasteiger partial charge in [0.1, 0.15) is 5.60 Å². The monoisotopic (exact) mass is 410 g/mol. The van der Waals surface area contributed by atoms with Crippen LogP contribution >= 0.6 is 0 Å². The van der Waals surface area contributed by atoms with Crippen molar-refractivity contribution in [3.8, 4) is 0 Å². The number of carbonyl (C=O) groups is 1. The van der Waals surface area contributed by atoms with Crippen LogP contribution in [0.5, 0.6) is 0 Å². The highest BCUT2D eigenvalue weighted by Gasteiger charge is 2.44. The molecule has 2 bridgehead atoms. The van der Waals surface area contributed by atoms with Crippen LogP contribution in [0.4, 0.5) is 0 Å². The van der Waals surface area contributed by atoms with E-state index >= 15 is 0 Å². The van der Waals surface area contributed by atoms with E-state index in [4.69, 9.17) is 9.47 Å². The molecular formula is C25H34N2O3. The average molecular weight is 411 g/mol. The molecule has 1 aromatic carbocycles. The Kier molecular flexibility index (Phi) is 5.69. The van der Waals surface area contributed by atoms with Crippen molar-refractivity contribution < 1.29 is 14.3 Å². The van der Waals surface area contributed by atoms with Crippen molar-refractivity contribution in [3.63, 3.8) is 0 Å². The zero-order valence-electron chi connectivity index (χ0n) is 18.0. The van der Waals surface area contributed by atoms with Gasteiger partial charge in [-0.2, -0.15) is 0 Å². The third kappa shape index (κ3) is 4.34. The van der Waals surface area contributed by atoms with E-state index in [2.05, 4.69) is 22.4 Å². The fourth-order valence-corrected chi connectivity index (χ4v) is 5.85. The molecule has 3 fully saturated rings. The number of amides is 1. The van der Waals surface area contributed by atoms with Gasteiger partial charge in [0.2, 0.25) is 0 Å². The van der Waals surface area contributed by atoms with Crippen molar-refractivity contribution in [1.29, 1.82) is 0 Å². The summed E-state index contributed by atoms with van der Waals surface area (Å²) in [6.45, 7) is 7.16. The standard InChI is InChI=1S/C25H34N2O3/c1-18-2-5-20(6-3-18)24(28)26-14-23-8-9-25(30-23)16-27(10-11-29-17-25)15-22-13-19-4-7-21(22)12-19/h2-7,19,21-23H,8-17H2,1H3,(H,26,28)/t19-,21+,22-,23-,25+/m1/s1. The smallest absolute Gasteiger partial charge is 0.251 e. The molecule has 1 amide bonds. The Balaban J connectivity index is 1.14. The molecule has 0 unspecified atom stereocenters. The molecular weight excluding hydrogens is 376 g/mol. The number of hydrogen-bond donors (Lipinski definition) is 1. The lowest BCUT2D eigenvalue weighted by atomic mass is 9.92. The Hall–Kier alpha value is -1.69. The predicted molar refractivity (Wildman–Crippen MR) is 116 cm³/mol. The molecule has 0 radical (unpaired) electrons. The van der Waals surface area contributed by atoms with Gasteiger partial charge in [0.15, 0.2) is 0 Å². The average Bonchev–Trinajstić information content (AvgIpc) is 3.42. The minimum atomic E-state index is -0.219. The van der Waals surface area contributed by atoms with Crippen molar-refractivity contribution in [1.82, 2.24) is 10.2 Å². The van der Waals surface area contributed by atoms with Crippen LogP contribution in [0.3, 0.4) is 0 Å². The van der Waals surface area contributed by atoms with Crippen LogP contribution in [-0.4, -0.2) is 61.9 Å². The highest BCUT2D eigenvalue weighted by molar-refractivity contribution is 5.94. The number of nitrogens with one attached hydrogen (secondary N) is 1. The van der Waals surface area contributed by atoms with E-state index in [1.54, 1.807) is 0 Å².